The maximum atomic E-state index is 11.2. The van der Waals surface area contributed by atoms with Crippen molar-refractivity contribution in [3.8, 4) is 0 Å². The Morgan fingerprint density at radius 3 is 1.82 bits per heavy atom. The molecule has 1 aliphatic rings. The van der Waals surface area contributed by atoms with E-state index >= 15 is 0 Å². The van der Waals surface area contributed by atoms with Gasteiger partial charge in [-0.25, -0.2) is 0 Å². The number of rotatable bonds is 4. The van der Waals surface area contributed by atoms with E-state index in [9.17, 15) is 9.59 Å². The molecule has 0 spiro atoms. The molecule has 6 heteroatoms. The summed E-state index contributed by atoms with van der Waals surface area (Å²) >= 11 is 0. The molecule has 0 aromatic rings. The van der Waals surface area contributed by atoms with Gasteiger partial charge in [-0.05, 0) is 25.2 Å². The van der Waals surface area contributed by atoms with Crippen molar-refractivity contribution in [1.82, 2.24) is 0 Å². The molecule has 0 heterocycles. The van der Waals surface area contributed by atoms with Crippen LogP contribution in [0.25, 0.3) is 0 Å². The van der Waals surface area contributed by atoms with Gasteiger partial charge in [0.05, 0.1) is 0 Å². The van der Waals surface area contributed by atoms with Crippen LogP contribution < -0.4 is 0 Å². The van der Waals surface area contributed by atoms with Crippen LogP contribution in [0.2, 0.25) is 0 Å². The molecule has 0 aromatic heterocycles. The Morgan fingerprint density at radius 2 is 1.53 bits per heavy atom. The predicted octanol–water partition coefficient (Wildman–Crippen LogP) is 0.835. The number of carboxylic acid groups (broad SMARTS) is 2. The summed E-state index contributed by atoms with van der Waals surface area (Å²) in [6.07, 6.45) is 4.62. The molecule has 0 amide bonds. The van der Waals surface area contributed by atoms with Crippen molar-refractivity contribution in [2.75, 3.05) is 0 Å². The van der Waals surface area contributed by atoms with Crippen molar-refractivity contribution in [2.24, 2.45) is 11.3 Å². The molecule has 0 aromatic carbocycles. The van der Waals surface area contributed by atoms with Crippen LogP contribution in [0.5, 0.6) is 0 Å². The van der Waals surface area contributed by atoms with Gasteiger partial charge in [-0.3, -0.25) is 9.59 Å². The van der Waals surface area contributed by atoms with Crippen LogP contribution in [-0.4, -0.2) is 103 Å². The fourth-order valence-electron chi connectivity index (χ4n) is 2.63. The van der Waals surface area contributed by atoms with Gasteiger partial charge < -0.3 is 10.2 Å². The van der Waals surface area contributed by atoms with Crippen LogP contribution in [0.15, 0.2) is 0 Å². The molecule has 1 fully saturated rings. The van der Waals surface area contributed by atoms with Crippen molar-refractivity contribution in [2.45, 2.75) is 45.4 Å². The first-order chi connectivity index (χ1) is 7.05. The zero-order valence-corrected chi connectivity index (χ0v) is 9.03. The minimum absolute atomic E-state index is 0. The molecular formula is C11H20KNaO4. The monoisotopic (exact) mass is 278 g/mol. The molecule has 4 nitrogen and oxygen atoms in total. The Hall–Kier alpha value is 1.58. The summed E-state index contributed by atoms with van der Waals surface area (Å²) in [6, 6.07) is 0. The van der Waals surface area contributed by atoms with Crippen molar-refractivity contribution in [1.29, 1.82) is 0 Å². The summed E-state index contributed by atoms with van der Waals surface area (Å²) in [5, 5.41) is 18.3. The van der Waals surface area contributed by atoms with E-state index in [0.717, 1.165) is 32.1 Å². The van der Waals surface area contributed by atoms with Crippen LogP contribution in [0.1, 0.15) is 45.4 Å². The molecule has 0 atom stereocenters. The van der Waals surface area contributed by atoms with Gasteiger partial charge in [0.1, 0.15) is 0 Å². The van der Waals surface area contributed by atoms with Gasteiger partial charge in [0, 0.05) is 0 Å². The summed E-state index contributed by atoms with van der Waals surface area (Å²) < 4.78 is 0. The molecule has 0 bridgehead atoms. The van der Waals surface area contributed by atoms with Gasteiger partial charge in [0.15, 0.2) is 5.41 Å². The van der Waals surface area contributed by atoms with Crippen molar-refractivity contribution in [3.63, 3.8) is 0 Å². The topological polar surface area (TPSA) is 74.6 Å². The van der Waals surface area contributed by atoms with Crippen LogP contribution in [0.3, 0.4) is 0 Å². The van der Waals surface area contributed by atoms with Crippen LogP contribution in [-0.2, 0) is 9.59 Å². The van der Waals surface area contributed by atoms with Gasteiger partial charge >= 0.3 is 92.9 Å². The third-order valence-electron chi connectivity index (χ3n) is 3.62. The summed E-state index contributed by atoms with van der Waals surface area (Å²) in [4.78, 5) is 22.4. The van der Waals surface area contributed by atoms with E-state index in [-0.39, 0.29) is 93.3 Å². The SMILES string of the molecule is CCC(C(=O)O)(C(=O)O)C1CCCCC1.[KH].[NaH]. The Bertz CT molecular complexity index is 250. The molecule has 0 saturated heterocycles. The third kappa shape index (κ3) is 4.56. The summed E-state index contributed by atoms with van der Waals surface area (Å²) in [5.41, 5.74) is -1.56. The standard InChI is InChI=1S/C11H18O4.K.Na.2H/c1-2-11(9(12)13,10(14)15)8-6-4-3-5-7-8;;;;/h8H,2-7H2,1H3,(H,12,13)(H,14,15);;;;. The van der Waals surface area contributed by atoms with Gasteiger partial charge in [-0.2, -0.15) is 0 Å². The first-order valence-electron chi connectivity index (χ1n) is 5.52. The van der Waals surface area contributed by atoms with Crippen LogP contribution >= 0.6 is 0 Å². The van der Waals surface area contributed by atoms with Gasteiger partial charge in [-0.15, -0.1) is 0 Å². The molecule has 1 saturated carbocycles. The minimum atomic E-state index is -1.56. The summed E-state index contributed by atoms with van der Waals surface area (Å²) in [5.74, 6) is -2.56. The summed E-state index contributed by atoms with van der Waals surface area (Å²) in [7, 11) is 0. The van der Waals surface area contributed by atoms with Gasteiger partial charge in [0.2, 0.25) is 0 Å². The number of aliphatic carboxylic acids is 2. The van der Waals surface area contributed by atoms with Crippen molar-refractivity contribution in [3.05, 3.63) is 0 Å². The van der Waals surface area contributed by atoms with Crippen LogP contribution in [0.4, 0.5) is 0 Å². The van der Waals surface area contributed by atoms with E-state index in [0.29, 0.717) is 0 Å². The average molecular weight is 278 g/mol. The number of hydrogen-bond acceptors (Lipinski definition) is 2. The molecule has 0 aliphatic heterocycles. The number of carboxylic acids is 2. The maximum absolute atomic E-state index is 11.2. The second-order valence-corrected chi connectivity index (χ2v) is 4.27. The number of carbonyl (C=O) groups is 2. The molecule has 90 valence electrons. The zero-order valence-electron chi connectivity index (χ0n) is 9.03. The Balaban J connectivity index is 0. The Morgan fingerprint density at radius 1 is 1.12 bits per heavy atom. The predicted molar refractivity (Wildman–Crippen MR) is 68.9 cm³/mol. The molecule has 1 rings (SSSR count). The van der Waals surface area contributed by atoms with Crippen LogP contribution in [0, 0.1) is 11.3 Å². The van der Waals surface area contributed by atoms with E-state index in [1.807, 2.05) is 0 Å². The summed E-state index contributed by atoms with van der Waals surface area (Å²) in [6.45, 7) is 1.65. The molecular weight excluding hydrogens is 258 g/mol. The molecule has 0 unspecified atom stereocenters. The molecule has 1 aliphatic carbocycles. The van der Waals surface area contributed by atoms with Gasteiger partial charge in [0.25, 0.3) is 0 Å². The second-order valence-electron chi connectivity index (χ2n) is 4.27. The molecule has 0 radical (unpaired) electrons. The fraction of sp³-hybridized carbons (Fsp3) is 0.818. The fourth-order valence-corrected chi connectivity index (χ4v) is 2.63. The van der Waals surface area contributed by atoms with Crippen molar-refractivity contribution < 1.29 is 19.8 Å². The van der Waals surface area contributed by atoms with Crippen molar-refractivity contribution >= 4 is 92.9 Å². The molecule has 2 N–H and O–H groups in total. The quantitative estimate of drug-likeness (QED) is 0.590. The van der Waals surface area contributed by atoms with E-state index in [2.05, 4.69) is 0 Å². The Kier molecular flexibility index (Phi) is 11.6. The van der Waals surface area contributed by atoms with Gasteiger partial charge in [-0.1, -0.05) is 26.2 Å². The normalized spacial score (nSPS) is 16.5. The first-order valence-corrected chi connectivity index (χ1v) is 5.52. The Labute approximate surface area is 167 Å². The van der Waals surface area contributed by atoms with E-state index in [1.54, 1.807) is 6.92 Å². The molecule has 17 heavy (non-hydrogen) atoms. The number of hydrogen-bond donors (Lipinski definition) is 2. The first kappa shape index (κ1) is 20.9. The van der Waals surface area contributed by atoms with E-state index in [4.69, 9.17) is 10.2 Å². The van der Waals surface area contributed by atoms with E-state index < -0.39 is 17.4 Å². The second kappa shape index (κ2) is 9.48. The third-order valence-corrected chi connectivity index (χ3v) is 3.62. The average Bonchev–Trinajstić information content (AvgIpc) is 2.20. The van der Waals surface area contributed by atoms with E-state index in [1.165, 1.54) is 0 Å². The zero-order chi connectivity index (χ0) is 11.5.